The van der Waals surface area contributed by atoms with Crippen molar-refractivity contribution < 1.29 is 14.3 Å². The lowest BCUT2D eigenvalue weighted by Gasteiger charge is -2.34. The molecular weight excluding hydrogens is 288 g/mol. The quantitative estimate of drug-likeness (QED) is 0.552. The standard InChI is InChI=1S/C20H28O3/c1-5-15-11-13-16(14-12-15)18(21)22-19(23-20(2,3)4)17-9-7-6-8-10-17/h5,11-14,17,19H,1,6-10H2,2-4H3. The Morgan fingerprint density at radius 1 is 1.17 bits per heavy atom. The Kier molecular flexibility index (Phi) is 6.00. The molecule has 3 nitrogen and oxygen atoms in total. The summed E-state index contributed by atoms with van der Waals surface area (Å²) in [6.07, 6.45) is 7.02. The number of rotatable bonds is 5. The lowest BCUT2D eigenvalue weighted by atomic mass is 9.88. The number of esters is 1. The van der Waals surface area contributed by atoms with Crippen molar-refractivity contribution in [3.63, 3.8) is 0 Å². The highest BCUT2D eigenvalue weighted by molar-refractivity contribution is 5.89. The zero-order chi connectivity index (χ0) is 16.9. The summed E-state index contributed by atoms with van der Waals surface area (Å²) in [7, 11) is 0. The highest BCUT2D eigenvalue weighted by atomic mass is 16.7. The Hall–Kier alpha value is -1.61. The maximum atomic E-state index is 12.5. The van der Waals surface area contributed by atoms with E-state index in [-0.39, 0.29) is 11.6 Å². The molecule has 0 aliphatic heterocycles. The average Bonchev–Trinajstić information content (AvgIpc) is 2.54. The van der Waals surface area contributed by atoms with Crippen LogP contribution in [0, 0.1) is 5.92 Å². The van der Waals surface area contributed by atoms with E-state index in [0.29, 0.717) is 11.5 Å². The van der Waals surface area contributed by atoms with E-state index in [4.69, 9.17) is 9.47 Å². The SMILES string of the molecule is C=Cc1ccc(C(=O)OC(OC(C)(C)C)C2CCCCC2)cc1. The van der Waals surface area contributed by atoms with Crippen LogP contribution < -0.4 is 0 Å². The Labute approximate surface area is 139 Å². The van der Waals surface area contributed by atoms with E-state index in [9.17, 15) is 4.79 Å². The summed E-state index contributed by atoms with van der Waals surface area (Å²) < 4.78 is 11.8. The fourth-order valence-electron chi connectivity index (χ4n) is 2.90. The summed E-state index contributed by atoms with van der Waals surface area (Å²) in [5, 5.41) is 0. The Morgan fingerprint density at radius 2 is 1.78 bits per heavy atom. The molecule has 0 spiro atoms. The summed E-state index contributed by atoms with van der Waals surface area (Å²) in [6, 6.07) is 7.27. The fraction of sp³-hybridized carbons (Fsp3) is 0.550. The lowest BCUT2D eigenvalue weighted by molar-refractivity contribution is -0.197. The number of hydrogen-bond donors (Lipinski definition) is 0. The monoisotopic (exact) mass is 316 g/mol. The summed E-state index contributed by atoms with van der Waals surface area (Å²) in [4.78, 5) is 12.5. The van der Waals surface area contributed by atoms with E-state index >= 15 is 0 Å². The largest absolute Gasteiger partial charge is 0.432 e. The number of benzene rings is 1. The highest BCUT2D eigenvalue weighted by Gasteiger charge is 2.31. The minimum Gasteiger partial charge on any atom is -0.432 e. The third-order valence-electron chi connectivity index (χ3n) is 4.11. The molecule has 1 unspecified atom stereocenters. The topological polar surface area (TPSA) is 35.5 Å². The zero-order valence-corrected chi connectivity index (χ0v) is 14.5. The van der Waals surface area contributed by atoms with E-state index in [0.717, 1.165) is 18.4 Å². The molecule has 1 aromatic rings. The molecule has 1 aromatic carbocycles. The van der Waals surface area contributed by atoms with Gasteiger partial charge in [-0.3, -0.25) is 0 Å². The number of ether oxygens (including phenoxy) is 2. The minimum atomic E-state index is -0.470. The third-order valence-corrected chi connectivity index (χ3v) is 4.11. The van der Waals surface area contributed by atoms with E-state index in [1.807, 2.05) is 32.9 Å². The predicted molar refractivity (Wildman–Crippen MR) is 93.1 cm³/mol. The van der Waals surface area contributed by atoms with Gasteiger partial charge in [0.05, 0.1) is 11.2 Å². The third kappa shape index (κ3) is 5.51. The van der Waals surface area contributed by atoms with Gasteiger partial charge >= 0.3 is 5.97 Å². The van der Waals surface area contributed by atoms with E-state index in [1.54, 1.807) is 18.2 Å². The molecule has 23 heavy (non-hydrogen) atoms. The van der Waals surface area contributed by atoms with Crippen LogP contribution in [0.4, 0.5) is 0 Å². The lowest BCUT2D eigenvalue weighted by Crippen LogP contribution is -2.37. The summed E-state index contributed by atoms with van der Waals surface area (Å²) in [5.74, 6) is -0.0280. The van der Waals surface area contributed by atoms with Gasteiger partial charge in [0.1, 0.15) is 0 Å². The van der Waals surface area contributed by atoms with Crippen molar-refractivity contribution in [3.8, 4) is 0 Å². The molecule has 0 N–H and O–H groups in total. The predicted octanol–water partition coefficient (Wildman–Crippen LogP) is 5.21. The van der Waals surface area contributed by atoms with Crippen LogP contribution in [0.5, 0.6) is 0 Å². The normalized spacial score (nSPS) is 17.5. The first-order valence-electron chi connectivity index (χ1n) is 8.50. The summed E-state index contributed by atoms with van der Waals surface area (Å²) >= 11 is 0. The molecule has 0 saturated heterocycles. The molecule has 1 aliphatic rings. The van der Waals surface area contributed by atoms with Gasteiger partial charge in [0, 0.05) is 5.92 Å². The number of carbonyl (C=O) groups excluding carboxylic acids is 1. The summed E-state index contributed by atoms with van der Waals surface area (Å²) in [5.41, 5.74) is 1.19. The molecule has 1 aliphatic carbocycles. The van der Waals surface area contributed by atoms with Crippen molar-refractivity contribution in [1.29, 1.82) is 0 Å². The van der Waals surface area contributed by atoms with Crippen molar-refractivity contribution in [3.05, 3.63) is 42.0 Å². The van der Waals surface area contributed by atoms with Crippen LogP contribution in [-0.2, 0) is 9.47 Å². The second-order valence-electron chi connectivity index (χ2n) is 7.23. The van der Waals surface area contributed by atoms with Crippen LogP contribution in [0.1, 0.15) is 68.8 Å². The Balaban J connectivity index is 2.08. The molecule has 0 radical (unpaired) electrons. The molecule has 126 valence electrons. The van der Waals surface area contributed by atoms with Gasteiger partial charge in [-0.15, -0.1) is 0 Å². The van der Waals surface area contributed by atoms with E-state index in [1.165, 1.54) is 19.3 Å². The molecule has 2 rings (SSSR count). The molecule has 0 amide bonds. The fourth-order valence-corrected chi connectivity index (χ4v) is 2.90. The maximum Gasteiger partial charge on any atom is 0.340 e. The molecule has 3 heteroatoms. The van der Waals surface area contributed by atoms with Crippen LogP contribution in [-0.4, -0.2) is 17.9 Å². The van der Waals surface area contributed by atoms with Crippen molar-refractivity contribution in [1.82, 2.24) is 0 Å². The molecule has 0 heterocycles. The van der Waals surface area contributed by atoms with E-state index in [2.05, 4.69) is 6.58 Å². The zero-order valence-electron chi connectivity index (χ0n) is 14.5. The van der Waals surface area contributed by atoms with E-state index < -0.39 is 6.29 Å². The molecule has 0 bridgehead atoms. The number of hydrogen-bond acceptors (Lipinski definition) is 3. The average molecular weight is 316 g/mol. The molecule has 0 aromatic heterocycles. The van der Waals surface area contributed by atoms with Gasteiger partial charge in [-0.05, 0) is 51.3 Å². The Bertz CT molecular complexity index is 519. The van der Waals surface area contributed by atoms with Crippen LogP contribution in [0.15, 0.2) is 30.8 Å². The minimum absolute atomic E-state index is 0.291. The molecular formula is C20H28O3. The van der Waals surface area contributed by atoms with Crippen molar-refractivity contribution in [2.75, 3.05) is 0 Å². The van der Waals surface area contributed by atoms with Crippen molar-refractivity contribution in [2.24, 2.45) is 5.92 Å². The van der Waals surface area contributed by atoms with Gasteiger partial charge in [0.25, 0.3) is 0 Å². The van der Waals surface area contributed by atoms with Crippen molar-refractivity contribution in [2.45, 2.75) is 64.8 Å². The Morgan fingerprint density at radius 3 is 2.30 bits per heavy atom. The molecule has 1 saturated carbocycles. The first-order valence-corrected chi connectivity index (χ1v) is 8.50. The first-order chi connectivity index (χ1) is 10.9. The van der Waals surface area contributed by atoms with Crippen molar-refractivity contribution >= 4 is 12.0 Å². The van der Waals surface area contributed by atoms with Gasteiger partial charge in [0.15, 0.2) is 0 Å². The molecule has 1 atom stereocenters. The molecule has 1 fully saturated rings. The van der Waals surface area contributed by atoms with Gasteiger partial charge in [-0.25, -0.2) is 4.79 Å². The van der Waals surface area contributed by atoms with Crippen LogP contribution >= 0.6 is 0 Å². The maximum absolute atomic E-state index is 12.5. The number of carbonyl (C=O) groups is 1. The van der Waals surface area contributed by atoms with Crippen LogP contribution in [0.25, 0.3) is 6.08 Å². The van der Waals surface area contributed by atoms with Gasteiger partial charge in [-0.2, -0.15) is 0 Å². The second kappa shape index (κ2) is 7.78. The van der Waals surface area contributed by atoms with Crippen LogP contribution in [0.2, 0.25) is 0 Å². The summed E-state index contributed by atoms with van der Waals surface area (Å²) in [6.45, 7) is 9.71. The van der Waals surface area contributed by atoms with Gasteiger partial charge < -0.3 is 9.47 Å². The van der Waals surface area contributed by atoms with Crippen LogP contribution in [0.3, 0.4) is 0 Å². The van der Waals surface area contributed by atoms with Gasteiger partial charge in [-0.1, -0.05) is 44.1 Å². The second-order valence-corrected chi connectivity index (χ2v) is 7.23. The highest BCUT2D eigenvalue weighted by Crippen LogP contribution is 2.31. The van der Waals surface area contributed by atoms with Gasteiger partial charge in [0.2, 0.25) is 6.29 Å². The smallest absolute Gasteiger partial charge is 0.340 e. The first kappa shape index (κ1) is 17.7.